The highest BCUT2D eigenvalue weighted by Gasteiger charge is 2.17. The molecule has 0 unspecified atom stereocenters. The van der Waals surface area contributed by atoms with Crippen LogP contribution < -0.4 is 9.47 Å². The first-order valence-electron chi connectivity index (χ1n) is 6.56. The second-order valence-corrected chi connectivity index (χ2v) is 4.63. The Labute approximate surface area is 127 Å². The molecule has 6 nitrogen and oxygen atoms in total. The monoisotopic (exact) mass is 301 g/mol. The van der Waals surface area contributed by atoms with E-state index in [1.165, 1.54) is 25.1 Å². The predicted octanol–water partition coefficient (Wildman–Crippen LogP) is 3.39. The number of carbonyl (C=O) groups excluding carboxylic acids is 1. The molecule has 0 aliphatic rings. The minimum Gasteiger partial charge on any atom is -0.497 e. The van der Waals surface area contributed by atoms with Gasteiger partial charge in [0.1, 0.15) is 12.4 Å². The largest absolute Gasteiger partial charge is 0.497 e. The van der Waals surface area contributed by atoms with Crippen molar-refractivity contribution in [1.29, 1.82) is 0 Å². The molecule has 0 bridgehead atoms. The van der Waals surface area contributed by atoms with Crippen LogP contribution in [0.1, 0.15) is 22.8 Å². The molecule has 0 fully saturated rings. The van der Waals surface area contributed by atoms with Crippen molar-refractivity contribution >= 4 is 11.5 Å². The van der Waals surface area contributed by atoms with Crippen molar-refractivity contribution in [2.45, 2.75) is 13.5 Å². The van der Waals surface area contributed by atoms with Gasteiger partial charge in [-0.15, -0.1) is 0 Å². The standard InChI is InChI=1S/C16H15NO5/c1-11(18)13-5-8-16(15(9-13)17(19)20)22-10-12-3-6-14(21-2)7-4-12/h3-9H,10H2,1-2H3. The summed E-state index contributed by atoms with van der Waals surface area (Å²) < 4.78 is 10.6. The molecule has 22 heavy (non-hydrogen) atoms. The van der Waals surface area contributed by atoms with Crippen LogP contribution >= 0.6 is 0 Å². The molecule has 0 saturated carbocycles. The molecule has 0 spiro atoms. The summed E-state index contributed by atoms with van der Waals surface area (Å²) in [4.78, 5) is 21.8. The summed E-state index contributed by atoms with van der Waals surface area (Å²) in [6.07, 6.45) is 0. The molecule has 2 rings (SSSR count). The minimum absolute atomic E-state index is 0.130. The summed E-state index contributed by atoms with van der Waals surface area (Å²) in [5.41, 5.74) is 0.912. The average Bonchev–Trinajstić information content (AvgIpc) is 2.53. The molecule has 0 atom stereocenters. The van der Waals surface area contributed by atoms with Crippen molar-refractivity contribution in [2.75, 3.05) is 7.11 Å². The number of Topliss-reactive ketones (excluding diaryl/α,β-unsaturated/α-hetero) is 1. The number of carbonyl (C=O) groups is 1. The van der Waals surface area contributed by atoms with E-state index in [0.717, 1.165) is 11.3 Å². The average molecular weight is 301 g/mol. The van der Waals surface area contributed by atoms with Gasteiger partial charge in [-0.25, -0.2) is 0 Å². The molecule has 6 heteroatoms. The first-order valence-corrected chi connectivity index (χ1v) is 6.56. The van der Waals surface area contributed by atoms with E-state index in [1.807, 2.05) is 12.1 Å². The zero-order valence-electron chi connectivity index (χ0n) is 12.2. The van der Waals surface area contributed by atoms with Crippen LogP contribution in [0.4, 0.5) is 5.69 Å². The Morgan fingerprint density at radius 3 is 2.41 bits per heavy atom. The normalized spacial score (nSPS) is 10.1. The van der Waals surface area contributed by atoms with Gasteiger partial charge in [0.15, 0.2) is 11.5 Å². The molecule has 0 amide bonds. The maximum atomic E-state index is 11.3. The predicted molar refractivity (Wildman–Crippen MR) is 80.4 cm³/mol. The molecule has 0 saturated heterocycles. The highest BCUT2D eigenvalue weighted by atomic mass is 16.6. The van der Waals surface area contributed by atoms with Gasteiger partial charge >= 0.3 is 5.69 Å². The smallest absolute Gasteiger partial charge is 0.311 e. The van der Waals surface area contributed by atoms with Gasteiger partial charge in [-0.1, -0.05) is 12.1 Å². The lowest BCUT2D eigenvalue weighted by Crippen LogP contribution is -2.01. The van der Waals surface area contributed by atoms with Crippen molar-refractivity contribution in [3.05, 3.63) is 63.7 Å². The third-order valence-corrected chi connectivity index (χ3v) is 3.12. The molecule has 114 valence electrons. The van der Waals surface area contributed by atoms with Crippen LogP contribution in [-0.2, 0) is 6.61 Å². The quantitative estimate of drug-likeness (QED) is 0.464. The first kappa shape index (κ1) is 15.5. The van der Waals surface area contributed by atoms with Crippen molar-refractivity contribution in [2.24, 2.45) is 0 Å². The van der Waals surface area contributed by atoms with Crippen molar-refractivity contribution in [1.82, 2.24) is 0 Å². The van der Waals surface area contributed by atoms with Gasteiger partial charge in [-0.2, -0.15) is 0 Å². The van der Waals surface area contributed by atoms with Gasteiger partial charge in [0, 0.05) is 11.6 Å². The molecule has 0 N–H and O–H groups in total. The van der Waals surface area contributed by atoms with E-state index in [9.17, 15) is 14.9 Å². The van der Waals surface area contributed by atoms with Crippen LogP contribution in [0.2, 0.25) is 0 Å². The Morgan fingerprint density at radius 1 is 1.18 bits per heavy atom. The van der Waals surface area contributed by atoms with Gasteiger partial charge < -0.3 is 9.47 Å². The highest BCUT2D eigenvalue weighted by Crippen LogP contribution is 2.29. The number of ether oxygens (including phenoxy) is 2. The topological polar surface area (TPSA) is 78.7 Å². The summed E-state index contributed by atoms with van der Waals surface area (Å²) in [7, 11) is 1.57. The molecule has 0 heterocycles. The number of nitro benzene ring substituents is 1. The van der Waals surface area contributed by atoms with Gasteiger partial charge in [-0.05, 0) is 36.8 Å². The molecule has 0 aliphatic heterocycles. The van der Waals surface area contributed by atoms with Gasteiger partial charge in [0.2, 0.25) is 0 Å². The van der Waals surface area contributed by atoms with E-state index >= 15 is 0 Å². The second-order valence-electron chi connectivity index (χ2n) is 4.63. The molecule has 2 aromatic rings. The zero-order chi connectivity index (χ0) is 16.1. The molecule has 2 aromatic carbocycles. The zero-order valence-corrected chi connectivity index (χ0v) is 12.2. The maximum absolute atomic E-state index is 11.3. The third kappa shape index (κ3) is 3.60. The second kappa shape index (κ2) is 6.71. The number of methoxy groups -OCH3 is 1. The summed E-state index contributed by atoms with van der Waals surface area (Å²) in [5.74, 6) is 0.621. The number of hydrogen-bond acceptors (Lipinski definition) is 5. The number of hydrogen-bond donors (Lipinski definition) is 0. The van der Waals surface area contributed by atoms with E-state index in [2.05, 4.69) is 0 Å². The van der Waals surface area contributed by atoms with Crippen LogP contribution in [0.3, 0.4) is 0 Å². The molecule has 0 radical (unpaired) electrons. The summed E-state index contributed by atoms with van der Waals surface area (Å²) >= 11 is 0. The Hall–Kier alpha value is -2.89. The molecular formula is C16H15NO5. The minimum atomic E-state index is -0.560. The summed E-state index contributed by atoms with van der Waals surface area (Å²) in [6.45, 7) is 1.54. The Bertz CT molecular complexity index is 694. The fourth-order valence-corrected chi connectivity index (χ4v) is 1.88. The Balaban J connectivity index is 2.17. The maximum Gasteiger partial charge on any atom is 0.311 e. The van der Waals surface area contributed by atoms with Crippen molar-refractivity contribution < 1.29 is 19.2 Å². The van der Waals surface area contributed by atoms with E-state index < -0.39 is 4.92 Å². The third-order valence-electron chi connectivity index (χ3n) is 3.12. The lowest BCUT2D eigenvalue weighted by molar-refractivity contribution is -0.386. The van der Waals surface area contributed by atoms with E-state index in [4.69, 9.17) is 9.47 Å². The van der Waals surface area contributed by atoms with Crippen LogP contribution in [0, 0.1) is 10.1 Å². The van der Waals surface area contributed by atoms with E-state index in [-0.39, 0.29) is 29.4 Å². The number of ketones is 1. The molecular weight excluding hydrogens is 286 g/mol. The van der Waals surface area contributed by atoms with Gasteiger partial charge in [0.05, 0.1) is 12.0 Å². The SMILES string of the molecule is COc1ccc(COc2ccc(C(C)=O)cc2[N+](=O)[O-])cc1. The van der Waals surface area contributed by atoms with Gasteiger partial charge in [0.25, 0.3) is 0 Å². The summed E-state index contributed by atoms with van der Waals surface area (Å²) in [6, 6.07) is 11.4. The van der Waals surface area contributed by atoms with Crippen molar-refractivity contribution in [3.8, 4) is 11.5 Å². The van der Waals surface area contributed by atoms with Crippen LogP contribution in [0.25, 0.3) is 0 Å². The number of nitrogens with zero attached hydrogens (tertiary/aromatic N) is 1. The fourth-order valence-electron chi connectivity index (χ4n) is 1.88. The lowest BCUT2D eigenvalue weighted by Gasteiger charge is -2.08. The summed E-state index contributed by atoms with van der Waals surface area (Å²) in [5, 5.41) is 11.1. The lowest BCUT2D eigenvalue weighted by atomic mass is 10.1. The Morgan fingerprint density at radius 2 is 1.86 bits per heavy atom. The van der Waals surface area contributed by atoms with Crippen LogP contribution in [0.15, 0.2) is 42.5 Å². The van der Waals surface area contributed by atoms with E-state index in [1.54, 1.807) is 19.2 Å². The van der Waals surface area contributed by atoms with Crippen LogP contribution in [-0.4, -0.2) is 17.8 Å². The fraction of sp³-hybridized carbons (Fsp3) is 0.188. The van der Waals surface area contributed by atoms with Gasteiger partial charge in [-0.3, -0.25) is 14.9 Å². The highest BCUT2D eigenvalue weighted by molar-refractivity contribution is 5.95. The molecule has 0 aromatic heterocycles. The Kier molecular flexibility index (Phi) is 4.73. The van der Waals surface area contributed by atoms with Crippen LogP contribution in [0.5, 0.6) is 11.5 Å². The first-order chi connectivity index (χ1) is 10.5. The number of nitro groups is 1. The van der Waals surface area contributed by atoms with Crippen molar-refractivity contribution in [3.63, 3.8) is 0 Å². The number of benzene rings is 2. The van der Waals surface area contributed by atoms with E-state index in [0.29, 0.717) is 0 Å². The molecule has 0 aliphatic carbocycles. The number of rotatable bonds is 6.